The summed E-state index contributed by atoms with van der Waals surface area (Å²) in [5, 5.41) is 2.79. The van der Waals surface area contributed by atoms with Crippen LogP contribution in [0.4, 0.5) is 5.69 Å². The highest BCUT2D eigenvalue weighted by atomic mass is 16.5. The number of carbonyl (C=O) groups is 3. The molecule has 124 valence electrons. The van der Waals surface area contributed by atoms with E-state index in [9.17, 15) is 14.4 Å². The van der Waals surface area contributed by atoms with E-state index in [1.54, 1.807) is 0 Å². The fourth-order valence-corrected chi connectivity index (χ4v) is 2.29. The van der Waals surface area contributed by atoms with E-state index in [1.807, 2.05) is 32.0 Å². The van der Waals surface area contributed by atoms with Crippen LogP contribution in [0.5, 0.6) is 0 Å². The SMILES string of the molecule is CCc1cccc(C)c1NC(=O)COC(=O)c1ccc(C=O)cc1. The second-order valence-electron chi connectivity index (χ2n) is 5.33. The molecule has 0 radical (unpaired) electrons. The average molecular weight is 325 g/mol. The number of ether oxygens (including phenoxy) is 1. The quantitative estimate of drug-likeness (QED) is 0.654. The minimum Gasteiger partial charge on any atom is -0.452 e. The monoisotopic (exact) mass is 325 g/mol. The molecule has 0 fully saturated rings. The van der Waals surface area contributed by atoms with Crippen molar-refractivity contribution in [1.82, 2.24) is 0 Å². The van der Waals surface area contributed by atoms with Crippen LogP contribution in [0, 0.1) is 6.92 Å². The summed E-state index contributed by atoms with van der Waals surface area (Å²) in [4.78, 5) is 34.5. The first kappa shape index (κ1) is 17.4. The third kappa shape index (κ3) is 4.29. The number of carbonyl (C=O) groups excluding carboxylic acids is 3. The molecule has 2 aromatic rings. The highest BCUT2D eigenvalue weighted by Gasteiger charge is 2.12. The molecule has 24 heavy (non-hydrogen) atoms. The molecule has 1 N–H and O–H groups in total. The van der Waals surface area contributed by atoms with Gasteiger partial charge in [0.05, 0.1) is 5.56 Å². The zero-order valence-electron chi connectivity index (χ0n) is 13.7. The number of amides is 1. The standard InChI is InChI=1S/C19H19NO4/c1-3-15-6-4-5-13(2)18(15)20-17(22)12-24-19(23)16-9-7-14(11-21)8-10-16/h4-11H,3,12H2,1-2H3,(H,20,22). The molecule has 0 heterocycles. The molecule has 5 nitrogen and oxygen atoms in total. The van der Waals surface area contributed by atoms with Crippen molar-refractivity contribution >= 4 is 23.9 Å². The topological polar surface area (TPSA) is 72.5 Å². The van der Waals surface area contributed by atoms with Gasteiger partial charge < -0.3 is 10.1 Å². The molecule has 0 saturated carbocycles. The van der Waals surface area contributed by atoms with Gasteiger partial charge in [-0.15, -0.1) is 0 Å². The van der Waals surface area contributed by atoms with Crippen molar-refractivity contribution in [2.75, 3.05) is 11.9 Å². The van der Waals surface area contributed by atoms with E-state index in [-0.39, 0.29) is 6.61 Å². The van der Waals surface area contributed by atoms with Gasteiger partial charge in [-0.1, -0.05) is 37.3 Å². The lowest BCUT2D eigenvalue weighted by atomic mass is 10.1. The van der Waals surface area contributed by atoms with E-state index in [2.05, 4.69) is 5.32 Å². The fourth-order valence-electron chi connectivity index (χ4n) is 2.29. The van der Waals surface area contributed by atoms with Crippen LogP contribution < -0.4 is 5.32 Å². The van der Waals surface area contributed by atoms with Gasteiger partial charge in [0.25, 0.3) is 5.91 Å². The number of esters is 1. The summed E-state index contributed by atoms with van der Waals surface area (Å²) in [6.45, 7) is 3.55. The maximum atomic E-state index is 12.0. The first-order valence-electron chi connectivity index (χ1n) is 7.66. The predicted molar refractivity (Wildman–Crippen MR) is 91.3 cm³/mol. The lowest BCUT2D eigenvalue weighted by Crippen LogP contribution is -2.22. The third-order valence-corrected chi connectivity index (χ3v) is 3.62. The number of benzene rings is 2. The molecule has 0 saturated heterocycles. The van der Waals surface area contributed by atoms with E-state index in [0.717, 1.165) is 23.2 Å². The first-order valence-corrected chi connectivity index (χ1v) is 7.66. The second kappa shape index (κ2) is 8.06. The third-order valence-electron chi connectivity index (χ3n) is 3.62. The Hall–Kier alpha value is -2.95. The summed E-state index contributed by atoms with van der Waals surface area (Å²) in [6, 6.07) is 11.8. The molecule has 2 aromatic carbocycles. The van der Waals surface area contributed by atoms with Crippen molar-refractivity contribution in [2.45, 2.75) is 20.3 Å². The molecular weight excluding hydrogens is 306 g/mol. The van der Waals surface area contributed by atoms with Crippen molar-refractivity contribution in [2.24, 2.45) is 0 Å². The van der Waals surface area contributed by atoms with Gasteiger partial charge >= 0.3 is 5.97 Å². The van der Waals surface area contributed by atoms with Crippen LogP contribution >= 0.6 is 0 Å². The lowest BCUT2D eigenvalue weighted by molar-refractivity contribution is -0.119. The number of rotatable bonds is 6. The summed E-state index contributed by atoms with van der Waals surface area (Å²) >= 11 is 0. The van der Waals surface area contributed by atoms with Crippen LogP contribution in [0.15, 0.2) is 42.5 Å². The molecule has 0 spiro atoms. The number of anilines is 1. The van der Waals surface area contributed by atoms with Crippen molar-refractivity contribution in [3.05, 3.63) is 64.7 Å². The molecule has 0 aromatic heterocycles. The van der Waals surface area contributed by atoms with Gasteiger partial charge in [-0.05, 0) is 36.6 Å². The van der Waals surface area contributed by atoms with Crippen LogP contribution in [-0.2, 0) is 16.0 Å². The molecule has 2 rings (SSSR count). The van der Waals surface area contributed by atoms with Gasteiger partial charge in [0, 0.05) is 11.3 Å². The van der Waals surface area contributed by atoms with E-state index >= 15 is 0 Å². The fraction of sp³-hybridized carbons (Fsp3) is 0.211. The van der Waals surface area contributed by atoms with Gasteiger partial charge in [0.2, 0.25) is 0 Å². The van der Waals surface area contributed by atoms with Crippen LogP contribution in [0.2, 0.25) is 0 Å². The highest BCUT2D eigenvalue weighted by molar-refractivity contribution is 5.96. The first-order chi connectivity index (χ1) is 11.5. The van der Waals surface area contributed by atoms with Crippen molar-refractivity contribution in [1.29, 1.82) is 0 Å². The molecular formula is C19H19NO4. The Balaban J connectivity index is 1.95. The molecule has 0 unspecified atom stereocenters. The van der Waals surface area contributed by atoms with E-state index < -0.39 is 11.9 Å². The summed E-state index contributed by atoms with van der Waals surface area (Å²) in [5.41, 5.74) is 3.50. The van der Waals surface area contributed by atoms with Gasteiger partial charge in [-0.3, -0.25) is 9.59 Å². The van der Waals surface area contributed by atoms with E-state index in [4.69, 9.17) is 4.74 Å². The molecule has 0 aliphatic rings. The maximum Gasteiger partial charge on any atom is 0.338 e. The van der Waals surface area contributed by atoms with Crippen LogP contribution in [0.1, 0.15) is 38.8 Å². The zero-order valence-corrected chi connectivity index (χ0v) is 13.7. The largest absolute Gasteiger partial charge is 0.452 e. The Bertz CT molecular complexity index is 750. The molecule has 0 bridgehead atoms. The minimum absolute atomic E-state index is 0.290. The van der Waals surface area contributed by atoms with Crippen LogP contribution in [0.3, 0.4) is 0 Å². The minimum atomic E-state index is -0.608. The average Bonchev–Trinajstić information content (AvgIpc) is 2.61. The zero-order chi connectivity index (χ0) is 17.5. The van der Waals surface area contributed by atoms with E-state index in [1.165, 1.54) is 24.3 Å². The molecule has 5 heteroatoms. The van der Waals surface area contributed by atoms with Crippen molar-refractivity contribution in [3.63, 3.8) is 0 Å². The number of nitrogens with one attached hydrogen (secondary N) is 1. The second-order valence-corrected chi connectivity index (χ2v) is 5.33. The molecule has 1 amide bonds. The molecule has 0 aliphatic heterocycles. The van der Waals surface area contributed by atoms with E-state index in [0.29, 0.717) is 17.4 Å². The van der Waals surface area contributed by atoms with Crippen LogP contribution in [0.25, 0.3) is 0 Å². The molecule has 0 atom stereocenters. The van der Waals surface area contributed by atoms with Gasteiger partial charge in [0.1, 0.15) is 6.29 Å². The number of hydrogen-bond acceptors (Lipinski definition) is 4. The molecule has 0 aliphatic carbocycles. The Labute approximate surface area is 140 Å². The Kier molecular flexibility index (Phi) is 5.84. The van der Waals surface area contributed by atoms with Gasteiger partial charge in [-0.25, -0.2) is 4.79 Å². The van der Waals surface area contributed by atoms with Crippen LogP contribution in [-0.4, -0.2) is 24.8 Å². The Morgan fingerprint density at radius 2 is 1.83 bits per heavy atom. The normalized spacial score (nSPS) is 10.1. The number of hydrogen-bond donors (Lipinski definition) is 1. The van der Waals surface area contributed by atoms with Crippen molar-refractivity contribution < 1.29 is 19.1 Å². The number of para-hydroxylation sites is 1. The summed E-state index contributed by atoms with van der Waals surface area (Å²) < 4.78 is 5.01. The summed E-state index contributed by atoms with van der Waals surface area (Å²) in [7, 11) is 0. The number of aldehydes is 1. The maximum absolute atomic E-state index is 12.0. The smallest absolute Gasteiger partial charge is 0.338 e. The van der Waals surface area contributed by atoms with Gasteiger partial charge in [0.15, 0.2) is 6.61 Å². The highest BCUT2D eigenvalue weighted by Crippen LogP contribution is 2.20. The predicted octanol–water partition coefficient (Wildman–Crippen LogP) is 3.17. The summed E-state index contributed by atoms with van der Waals surface area (Å²) in [6.07, 6.45) is 1.48. The summed E-state index contributed by atoms with van der Waals surface area (Å²) in [5.74, 6) is -1.00. The number of aryl methyl sites for hydroxylation is 2. The Morgan fingerprint density at radius 3 is 2.46 bits per heavy atom. The van der Waals surface area contributed by atoms with Crippen molar-refractivity contribution in [3.8, 4) is 0 Å². The lowest BCUT2D eigenvalue weighted by Gasteiger charge is -2.13. The van der Waals surface area contributed by atoms with Gasteiger partial charge in [-0.2, -0.15) is 0 Å². The Morgan fingerprint density at radius 1 is 1.12 bits per heavy atom.